The van der Waals surface area contributed by atoms with Gasteiger partial charge in [0.05, 0.1) is 0 Å². The molecule has 1 aromatic heterocycles. The standard InChI is InChI=1S/C16H19F2N3O2S/c1-9(13(22)19-15-21-20-14(24-15)12(17)18)23-11-7-5-6-10(8-11)16(2,3)4/h5-9,12H,1-4H3,(H,19,21,22). The van der Waals surface area contributed by atoms with Gasteiger partial charge in [0.2, 0.25) is 5.13 Å². The van der Waals surface area contributed by atoms with Crippen LogP contribution in [-0.2, 0) is 10.2 Å². The smallest absolute Gasteiger partial charge is 0.291 e. The summed E-state index contributed by atoms with van der Waals surface area (Å²) in [5, 5.41) is 8.85. The summed E-state index contributed by atoms with van der Waals surface area (Å²) in [7, 11) is 0. The van der Waals surface area contributed by atoms with E-state index in [9.17, 15) is 13.6 Å². The highest BCUT2D eigenvalue weighted by Gasteiger charge is 2.20. The zero-order valence-corrected chi connectivity index (χ0v) is 14.7. The lowest BCUT2D eigenvalue weighted by atomic mass is 9.87. The van der Waals surface area contributed by atoms with Gasteiger partial charge in [-0.3, -0.25) is 10.1 Å². The summed E-state index contributed by atoms with van der Waals surface area (Å²) in [6.45, 7) is 7.82. The van der Waals surface area contributed by atoms with Crippen molar-refractivity contribution in [2.45, 2.75) is 45.6 Å². The lowest BCUT2D eigenvalue weighted by Gasteiger charge is -2.20. The molecule has 2 rings (SSSR count). The van der Waals surface area contributed by atoms with Crippen LogP contribution in [0.1, 0.15) is 44.7 Å². The Morgan fingerprint density at radius 3 is 2.58 bits per heavy atom. The average Bonchev–Trinajstić information content (AvgIpc) is 2.95. The van der Waals surface area contributed by atoms with E-state index < -0.39 is 23.4 Å². The largest absolute Gasteiger partial charge is 0.481 e. The van der Waals surface area contributed by atoms with Gasteiger partial charge in [0.1, 0.15) is 5.75 Å². The average molecular weight is 355 g/mol. The second kappa shape index (κ2) is 7.21. The topological polar surface area (TPSA) is 64.1 Å². The Morgan fingerprint density at radius 2 is 2.00 bits per heavy atom. The first kappa shape index (κ1) is 18.3. The molecule has 0 saturated carbocycles. The molecular formula is C16H19F2N3O2S. The van der Waals surface area contributed by atoms with Crippen LogP contribution in [0.4, 0.5) is 13.9 Å². The second-order valence-electron chi connectivity index (χ2n) is 6.27. The Labute approximate surface area is 143 Å². The number of carbonyl (C=O) groups is 1. The maximum absolute atomic E-state index is 12.5. The van der Waals surface area contributed by atoms with Gasteiger partial charge in [-0.1, -0.05) is 44.2 Å². The van der Waals surface area contributed by atoms with E-state index in [1.54, 1.807) is 13.0 Å². The minimum atomic E-state index is -2.71. The SMILES string of the molecule is CC(Oc1cccc(C(C)(C)C)c1)C(=O)Nc1nnc(C(F)F)s1. The van der Waals surface area contributed by atoms with Crippen LogP contribution in [0.3, 0.4) is 0 Å². The molecule has 0 aliphatic carbocycles. The van der Waals surface area contributed by atoms with Crippen molar-refractivity contribution < 1.29 is 18.3 Å². The molecule has 2 aromatic rings. The summed E-state index contributed by atoms with van der Waals surface area (Å²) in [5.74, 6) is 0.0868. The number of aromatic nitrogens is 2. The molecule has 0 aliphatic heterocycles. The summed E-state index contributed by atoms with van der Waals surface area (Å²) >= 11 is 0.639. The lowest BCUT2D eigenvalue weighted by molar-refractivity contribution is -0.122. The minimum Gasteiger partial charge on any atom is -0.481 e. The highest BCUT2D eigenvalue weighted by atomic mass is 32.1. The highest BCUT2D eigenvalue weighted by molar-refractivity contribution is 7.15. The number of hydrogen-bond donors (Lipinski definition) is 1. The molecule has 5 nitrogen and oxygen atoms in total. The number of rotatable bonds is 5. The first-order valence-electron chi connectivity index (χ1n) is 7.36. The predicted molar refractivity (Wildman–Crippen MR) is 88.7 cm³/mol. The third-order valence-corrected chi connectivity index (χ3v) is 4.09. The maximum atomic E-state index is 12.5. The molecule has 0 saturated heterocycles. The van der Waals surface area contributed by atoms with E-state index in [0.29, 0.717) is 17.1 Å². The van der Waals surface area contributed by atoms with Crippen LogP contribution in [0, 0.1) is 0 Å². The summed E-state index contributed by atoms with van der Waals surface area (Å²) < 4.78 is 30.6. The molecule has 1 heterocycles. The molecule has 1 atom stereocenters. The first-order valence-corrected chi connectivity index (χ1v) is 8.18. The first-order chi connectivity index (χ1) is 11.2. The fraction of sp³-hybridized carbons (Fsp3) is 0.438. The molecule has 24 heavy (non-hydrogen) atoms. The summed E-state index contributed by atoms with van der Waals surface area (Å²) in [4.78, 5) is 12.1. The maximum Gasteiger partial charge on any atom is 0.291 e. The van der Waals surface area contributed by atoms with Crippen molar-refractivity contribution >= 4 is 22.4 Å². The molecule has 0 aliphatic rings. The van der Waals surface area contributed by atoms with Gasteiger partial charge in [-0.15, -0.1) is 10.2 Å². The number of carbonyl (C=O) groups excluding carboxylic acids is 1. The van der Waals surface area contributed by atoms with Gasteiger partial charge >= 0.3 is 0 Å². The van der Waals surface area contributed by atoms with Gasteiger partial charge in [-0.2, -0.15) is 0 Å². The van der Waals surface area contributed by atoms with Crippen LogP contribution in [0.15, 0.2) is 24.3 Å². The normalized spacial score (nSPS) is 13.0. The second-order valence-corrected chi connectivity index (χ2v) is 7.28. The van der Waals surface area contributed by atoms with Crippen molar-refractivity contribution in [2.75, 3.05) is 5.32 Å². The van der Waals surface area contributed by atoms with Gasteiger partial charge in [0, 0.05) is 0 Å². The van der Waals surface area contributed by atoms with Crippen molar-refractivity contribution in [3.05, 3.63) is 34.8 Å². The van der Waals surface area contributed by atoms with E-state index in [1.807, 2.05) is 18.2 Å². The molecule has 1 amide bonds. The lowest BCUT2D eigenvalue weighted by Crippen LogP contribution is -2.30. The quantitative estimate of drug-likeness (QED) is 0.874. The molecule has 0 radical (unpaired) electrons. The molecule has 1 aromatic carbocycles. The number of amides is 1. The fourth-order valence-electron chi connectivity index (χ4n) is 1.87. The molecule has 0 spiro atoms. The number of ether oxygens (including phenoxy) is 1. The van der Waals surface area contributed by atoms with E-state index in [2.05, 4.69) is 36.3 Å². The number of nitrogens with zero attached hydrogens (tertiary/aromatic N) is 2. The zero-order valence-electron chi connectivity index (χ0n) is 13.8. The number of alkyl halides is 2. The zero-order chi connectivity index (χ0) is 17.9. The molecular weight excluding hydrogens is 336 g/mol. The molecule has 8 heteroatoms. The van der Waals surface area contributed by atoms with Crippen molar-refractivity contribution in [1.82, 2.24) is 10.2 Å². The summed E-state index contributed by atoms with van der Waals surface area (Å²) in [6.07, 6.45) is -3.51. The van der Waals surface area contributed by atoms with Gasteiger partial charge in [0.15, 0.2) is 11.1 Å². The molecule has 1 unspecified atom stereocenters. The van der Waals surface area contributed by atoms with E-state index in [-0.39, 0.29) is 10.5 Å². The van der Waals surface area contributed by atoms with Crippen molar-refractivity contribution in [3.8, 4) is 5.75 Å². The Bertz CT molecular complexity index is 713. The Balaban J connectivity index is 2.01. The van der Waals surface area contributed by atoms with Crippen LogP contribution < -0.4 is 10.1 Å². The van der Waals surface area contributed by atoms with Crippen LogP contribution >= 0.6 is 11.3 Å². The Kier molecular flexibility index (Phi) is 5.48. The van der Waals surface area contributed by atoms with E-state index in [4.69, 9.17) is 4.74 Å². The molecule has 0 bridgehead atoms. The number of anilines is 1. The molecule has 1 N–H and O–H groups in total. The van der Waals surface area contributed by atoms with E-state index in [1.165, 1.54) is 0 Å². The van der Waals surface area contributed by atoms with E-state index >= 15 is 0 Å². The molecule has 0 fully saturated rings. The van der Waals surface area contributed by atoms with Gasteiger partial charge in [-0.25, -0.2) is 8.78 Å². The highest BCUT2D eigenvalue weighted by Crippen LogP contribution is 2.27. The van der Waals surface area contributed by atoms with E-state index in [0.717, 1.165) is 5.56 Å². The third-order valence-electron chi connectivity index (χ3n) is 3.24. The van der Waals surface area contributed by atoms with Crippen molar-refractivity contribution in [1.29, 1.82) is 0 Å². The Morgan fingerprint density at radius 1 is 1.29 bits per heavy atom. The third kappa shape index (κ3) is 4.70. The minimum absolute atomic E-state index is 0.0224. The van der Waals surface area contributed by atoms with Crippen LogP contribution in [0.5, 0.6) is 5.75 Å². The van der Waals surface area contributed by atoms with Crippen molar-refractivity contribution in [3.63, 3.8) is 0 Å². The monoisotopic (exact) mass is 355 g/mol. The van der Waals surface area contributed by atoms with Crippen LogP contribution in [0.25, 0.3) is 0 Å². The number of benzene rings is 1. The summed E-state index contributed by atoms with van der Waals surface area (Å²) in [5.41, 5.74) is 1.04. The van der Waals surface area contributed by atoms with Crippen molar-refractivity contribution in [2.24, 2.45) is 0 Å². The number of halogens is 2. The number of nitrogens with one attached hydrogen (secondary N) is 1. The Hall–Kier alpha value is -2.09. The summed E-state index contributed by atoms with van der Waals surface area (Å²) in [6, 6.07) is 7.49. The molecule has 130 valence electrons. The predicted octanol–water partition coefficient (Wildman–Crippen LogP) is 4.18. The van der Waals surface area contributed by atoms with Gasteiger partial charge in [-0.05, 0) is 30.0 Å². The van der Waals surface area contributed by atoms with Crippen LogP contribution in [-0.4, -0.2) is 22.2 Å². The van der Waals surface area contributed by atoms with Gasteiger partial charge in [0.25, 0.3) is 12.3 Å². The number of hydrogen-bond acceptors (Lipinski definition) is 5. The van der Waals surface area contributed by atoms with Gasteiger partial charge < -0.3 is 4.74 Å². The fourth-order valence-corrected chi connectivity index (χ4v) is 2.48. The van der Waals surface area contributed by atoms with Crippen LogP contribution in [0.2, 0.25) is 0 Å².